The fourth-order valence-corrected chi connectivity index (χ4v) is 3.45. The van der Waals surface area contributed by atoms with E-state index in [2.05, 4.69) is 34.5 Å². The van der Waals surface area contributed by atoms with Gasteiger partial charge in [-0.25, -0.2) is 9.98 Å². The highest BCUT2D eigenvalue weighted by atomic mass is 127. The molecule has 2 N–H and O–H groups in total. The van der Waals surface area contributed by atoms with Gasteiger partial charge in [0.15, 0.2) is 23.2 Å². The molecule has 1 aromatic carbocycles. The zero-order chi connectivity index (χ0) is 21.1. The second-order valence-corrected chi connectivity index (χ2v) is 8.07. The number of benzene rings is 1. The predicted octanol–water partition coefficient (Wildman–Crippen LogP) is 4.54. The summed E-state index contributed by atoms with van der Waals surface area (Å²) in [5.74, 6) is 1.97. The number of aliphatic imine (C=N–C) groups is 1. The number of hydrogen-bond donors (Lipinski definition) is 2. The molecule has 2 aromatic rings. The van der Waals surface area contributed by atoms with Crippen LogP contribution in [0.25, 0.3) is 0 Å². The van der Waals surface area contributed by atoms with Gasteiger partial charge in [0.1, 0.15) is 5.01 Å². The van der Waals surface area contributed by atoms with Gasteiger partial charge in [-0.15, -0.1) is 35.3 Å². The largest absolute Gasteiger partial charge is 0.454 e. The van der Waals surface area contributed by atoms with E-state index in [9.17, 15) is 13.2 Å². The van der Waals surface area contributed by atoms with E-state index < -0.39 is 11.9 Å². The lowest BCUT2D eigenvalue weighted by atomic mass is 9.84. The Morgan fingerprint density at radius 1 is 1.20 bits per heavy atom. The van der Waals surface area contributed by atoms with E-state index in [1.807, 2.05) is 25.1 Å². The van der Waals surface area contributed by atoms with Gasteiger partial charge in [-0.1, -0.05) is 19.9 Å². The topological polar surface area (TPSA) is 67.8 Å². The van der Waals surface area contributed by atoms with Gasteiger partial charge in [-0.05, 0) is 24.6 Å². The molecule has 0 spiro atoms. The molecule has 11 heteroatoms. The van der Waals surface area contributed by atoms with Crippen molar-refractivity contribution >= 4 is 41.3 Å². The molecule has 0 bridgehead atoms. The molecule has 30 heavy (non-hydrogen) atoms. The molecule has 0 saturated carbocycles. The van der Waals surface area contributed by atoms with Gasteiger partial charge in [-0.3, -0.25) is 0 Å². The van der Waals surface area contributed by atoms with E-state index in [1.165, 1.54) is 0 Å². The first-order valence-corrected chi connectivity index (χ1v) is 10.0. The molecule has 166 valence electrons. The van der Waals surface area contributed by atoms with Gasteiger partial charge in [0.05, 0.1) is 6.54 Å². The highest BCUT2D eigenvalue weighted by molar-refractivity contribution is 14.0. The van der Waals surface area contributed by atoms with Gasteiger partial charge < -0.3 is 20.1 Å². The SMILES string of the molecule is CCNC(=NCc1nc(C(F)(F)F)cs1)NCC(C)(C)c1ccc2c(c1)OCO2.I. The third-order valence-corrected chi connectivity index (χ3v) is 5.24. The van der Waals surface area contributed by atoms with Crippen LogP contribution in [-0.2, 0) is 18.1 Å². The highest BCUT2D eigenvalue weighted by Crippen LogP contribution is 2.36. The average molecular weight is 556 g/mol. The van der Waals surface area contributed by atoms with Crippen molar-refractivity contribution in [3.05, 3.63) is 39.8 Å². The van der Waals surface area contributed by atoms with E-state index >= 15 is 0 Å². The van der Waals surface area contributed by atoms with Crippen molar-refractivity contribution < 1.29 is 22.6 Å². The molecule has 1 aliphatic heterocycles. The van der Waals surface area contributed by atoms with E-state index in [0.29, 0.717) is 24.1 Å². The molecule has 1 aliphatic rings. The Hall–Kier alpha value is -1.76. The first-order valence-electron chi connectivity index (χ1n) is 9.13. The molecule has 2 heterocycles. The summed E-state index contributed by atoms with van der Waals surface area (Å²) in [6.45, 7) is 7.56. The van der Waals surface area contributed by atoms with E-state index in [4.69, 9.17) is 9.47 Å². The van der Waals surface area contributed by atoms with Gasteiger partial charge in [-0.2, -0.15) is 13.2 Å². The number of ether oxygens (including phenoxy) is 2. The number of fused-ring (bicyclic) bond motifs is 1. The fourth-order valence-electron chi connectivity index (χ4n) is 2.73. The Morgan fingerprint density at radius 3 is 2.60 bits per heavy atom. The third kappa shape index (κ3) is 6.13. The first kappa shape index (κ1) is 24.5. The molecule has 0 unspecified atom stereocenters. The number of rotatable bonds is 6. The van der Waals surface area contributed by atoms with Gasteiger partial charge in [0.25, 0.3) is 0 Å². The summed E-state index contributed by atoms with van der Waals surface area (Å²) in [5, 5.41) is 7.68. The van der Waals surface area contributed by atoms with Crippen LogP contribution in [-0.4, -0.2) is 30.8 Å². The average Bonchev–Trinajstić information content (AvgIpc) is 3.32. The Morgan fingerprint density at radius 2 is 1.93 bits per heavy atom. The molecule has 0 amide bonds. The number of alkyl halides is 3. The zero-order valence-corrected chi connectivity index (χ0v) is 19.9. The summed E-state index contributed by atoms with van der Waals surface area (Å²) in [6.07, 6.45) is -4.43. The molecule has 3 rings (SSSR count). The lowest BCUT2D eigenvalue weighted by Gasteiger charge is -2.27. The van der Waals surface area contributed by atoms with Crippen LogP contribution in [0.5, 0.6) is 11.5 Å². The number of aromatic nitrogens is 1. The minimum Gasteiger partial charge on any atom is -0.454 e. The fraction of sp³-hybridized carbons (Fsp3) is 0.474. The quantitative estimate of drug-likeness (QED) is 0.311. The van der Waals surface area contributed by atoms with Crippen molar-refractivity contribution in [1.82, 2.24) is 15.6 Å². The summed E-state index contributed by atoms with van der Waals surface area (Å²) in [4.78, 5) is 7.97. The van der Waals surface area contributed by atoms with Crippen molar-refractivity contribution in [3.63, 3.8) is 0 Å². The monoisotopic (exact) mass is 556 g/mol. The van der Waals surface area contributed by atoms with E-state index in [0.717, 1.165) is 33.8 Å². The Bertz CT molecular complexity index is 887. The maximum atomic E-state index is 12.7. The van der Waals surface area contributed by atoms with E-state index in [-0.39, 0.29) is 42.7 Å². The van der Waals surface area contributed by atoms with E-state index in [1.54, 1.807) is 0 Å². The summed E-state index contributed by atoms with van der Waals surface area (Å²) in [6, 6.07) is 5.84. The molecule has 0 fully saturated rings. The van der Waals surface area contributed by atoms with Crippen molar-refractivity contribution in [3.8, 4) is 11.5 Å². The standard InChI is InChI=1S/C19H23F3N4O2S.HI/c1-4-23-17(24-8-16-26-15(9-29-16)19(20,21)22)25-10-18(2,3)12-5-6-13-14(7-12)28-11-27-13;/h5-7,9H,4,8,10-11H2,1-3H3,(H2,23,24,25);1H. The maximum Gasteiger partial charge on any atom is 0.434 e. The molecule has 0 saturated heterocycles. The van der Waals surface area contributed by atoms with Crippen LogP contribution in [0.2, 0.25) is 0 Å². The Kier molecular flexibility index (Phi) is 8.20. The molecule has 0 radical (unpaired) electrons. The number of halogens is 4. The molecule has 0 atom stereocenters. The van der Waals surface area contributed by atoms with Crippen molar-refractivity contribution in [1.29, 1.82) is 0 Å². The van der Waals surface area contributed by atoms with Crippen molar-refractivity contribution in [2.75, 3.05) is 19.9 Å². The summed E-state index contributed by atoms with van der Waals surface area (Å²) in [7, 11) is 0. The minimum absolute atomic E-state index is 0. The van der Waals surface area contributed by atoms with Crippen LogP contribution in [0.3, 0.4) is 0 Å². The minimum atomic E-state index is -4.43. The number of guanidine groups is 1. The Labute approximate surface area is 194 Å². The molecule has 0 aliphatic carbocycles. The van der Waals surface area contributed by atoms with Gasteiger partial charge in [0.2, 0.25) is 6.79 Å². The van der Waals surface area contributed by atoms with Crippen LogP contribution < -0.4 is 20.1 Å². The van der Waals surface area contributed by atoms with Crippen molar-refractivity contribution in [2.45, 2.75) is 38.9 Å². The second kappa shape index (κ2) is 10.0. The molecular formula is C19H24F3IN4O2S. The highest BCUT2D eigenvalue weighted by Gasteiger charge is 2.33. The predicted molar refractivity (Wildman–Crippen MR) is 121 cm³/mol. The van der Waals surface area contributed by atoms with Crippen LogP contribution in [0, 0.1) is 0 Å². The first-order chi connectivity index (χ1) is 13.7. The lowest BCUT2D eigenvalue weighted by Crippen LogP contribution is -2.43. The number of hydrogen-bond acceptors (Lipinski definition) is 5. The number of thiazole rings is 1. The normalized spacial score (nSPS) is 13.7. The molecular weight excluding hydrogens is 532 g/mol. The number of nitrogens with one attached hydrogen (secondary N) is 2. The van der Waals surface area contributed by atoms with Gasteiger partial charge in [0, 0.05) is 23.9 Å². The second-order valence-electron chi connectivity index (χ2n) is 7.12. The summed E-state index contributed by atoms with van der Waals surface area (Å²) < 4.78 is 48.8. The summed E-state index contributed by atoms with van der Waals surface area (Å²) >= 11 is 0.949. The van der Waals surface area contributed by atoms with Crippen molar-refractivity contribution in [2.24, 2.45) is 4.99 Å². The number of nitrogens with zero attached hydrogens (tertiary/aromatic N) is 2. The zero-order valence-electron chi connectivity index (χ0n) is 16.8. The maximum absolute atomic E-state index is 12.7. The summed E-state index contributed by atoms with van der Waals surface area (Å²) in [5.41, 5.74) is -0.0589. The molecule has 1 aromatic heterocycles. The van der Waals surface area contributed by atoms with Crippen LogP contribution >= 0.6 is 35.3 Å². The van der Waals surface area contributed by atoms with Crippen LogP contribution in [0.4, 0.5) is 13.2 Å². The van der Waals surface area contributed by atoms with Crippen LogP contribution in [0.15, 0.2) is 28.6 Å². The molecule has 6 nitrogen and oxygen atoms in total. The van der Waals surface area contributed by atoms with Gasteiger partial charge >= 0.3 is 6.18 Å². The third-order valence-electron chi connectivity index (χ3n) is 4.41. The lowest BCUT2D eigenvalue weighted by molar-refractivity contribution is -0.140. The smallest absolute Gasteiger partial charge is 0.434 e. The Balaban J connectivity index is 0.00000320. The van der Waals surface area contributed by atoms with Crippen LogP contribution in [0.1, 0.15) is 37.0 Å².